The fraction of sp³-hybridized carbons (Fsp3) is 0.444. The van der Waals surface area contributed by atoms with Gasteiger partial charge in [0, 0.05) is 51.7 Å². The van der Waals surface area contributed by atoms with Crippen LogP contribution < -0.4 is 0 Å². The van der Waals surface area contributed by atoms with Gasteiger partial charge in [-0.15, -0.1) is 13.2 Å². The van der Waals surface area contributed by atoms with Gasteiger partial charge in [0.25, 0.3) is 20.2 Å². The Morgan fingerprint density at radius 1 is 0.833 bits per heavy atom. The van der Waals surface area contributed by atoms with Gasteiger partial charge < -0.3 is 9.13 Å². The minimum atomic E-state index is -3.79. The summed E-state index contributed by atoms with van der Waals surface area (Å²) in [7, 11) is -3.50. The molecule has 2 rings (SSSR count). The molecule has 0 atom stereocenters. The van der Waals surface area contributed by atoms with Gasteiger partial charge in [-0.1, -0.05) is 12.2 Å². The van der Waals surface area contributed by atoms with E-state index < -0.39 is 20.2 Å². The van der Waals surface area contributed by atoms with E-state index in [9.17, 15) is 16.8 Å². The van der Waals surface area contributed by atoms with E-state index in [0.717, 1.165) is 37.8 Å². The number of aromatic nitrogens is 4. The fourth-order valence-electron chi connectivity index (χ4n) is 2.14. The standard InChI is InChI=1S/C12H18N4.2C3H6O3S/c1-15-9-7-13-11(15)5-3-4-6-12-14-8-10-16(12)2;2*1-2-3-7(4,5)6/h7-10H,3-6H2,1-2H3;2*2H,1,3H2,(H,4,5,6). The summed E-state index contributed by atoms with van der Waals surface area (Å²) >= 11 is 0. The predicted molar refractivity (Wildman–Crippen MR) is 116 cm³/mol. The van der Waals surface area contributed by atoms with Crippen LogP contribution in [0.1, 0.15) is 24.5 Å². The van der Waals surface area contributed by atoms with Gasteiger partial charge in [0.2, 0.25) is 0 Å². The summed E-state index contributed by atoms with van der Waals surface area (Å²) < 4.78 is 58.9. The van der Waals surface area contributed by atoms with E-state index in [-0.39, 0.29) is 11.5 Å². The summed E-state index contributed by atoms with van der Waals surface area (Å²) in [4.78, 5) is 8.62. The van der Waals surface area contributed by atoms with Gasteiger partial charge in [0.15, 0.2) is 0 Å². The molecule has 2 aromatic rings. The summed E-state index contributed by atoms with van der Waals surface area (Å²) in [6.45, 7) is 6.21. The lowest BCUT2D eigenvalue weighted by Crippen LogP contribution is -2.00. The molecule has 2 N–H and O–H groups in total. The van der Waals surface area contributed by atoms with E-state index in [4.69, 9.17) is 9.11 Å². The average Bonchev–Trinajstić information content (AvgIpc) is 3.19. The molecule has 0 saturated heterocycles. The Hall–Kier alpha value is -2.28. The van der Waals surface area contributed by atoms with Crippen molar-refractivity contribution >= 4 is 20.2 Å². The Bertz CT molecular complexity index is 898. The van der Waals surface area contributed by atoms with Crippen LogP contribution >= 0.6 is 0 Å². The Morgan fingerprint density at radius 3 is 1.33 bits per heavy atom. The van der Waals surface area contributed by atoms with Gasteiger partial charge >= 0.3 is 0 Å². The minimum Gasteiger partial charge on any atom is -0.338 e. The molecule has 0 aliphatic carbocycles. The number of rotatable bonds is 9. The molecule has 0 saturated carbocycles. The molecular formula is C18H30N4O6S2. The lowest BCUT2D eigenvalue weighted by molar-refractivity contribution is 0.484. The van der Waals surface area contributed by atoms with Crippen LogP contribution in [0.25, 0.3) is 0 Å². The van der Waals surface area contributed by atoms with Crippen molar-refractivity contribution in [1.29, 1.82) is 0 Å². The summed E-state index contributed by atoms with van der Waals surface area (Å²) in [5.41, 5.74) is 0. The van der Waals surface area contributed by atoms with Crippen LogP contribution in [-0.2, 0) is 47.2 Å². The largest absolute Gasteiger partial charge is 0.338 e. The molecule has 0 bridgehead atoms. The van der Waals surface area contributed by atoms with Crippen LogP contribution in [0.15, 0.2) is 50.1 Å². The molecule has 0 spiro atoms. The van der Waals surface area contributed by atoms with E-state index in [1.54, 1.807) is 0 Å². The van der Waals surface area contributed by atoms with E-state index in [0.29, 0.717) is 0 Å². The van der Waals surface area contributed by atoms with Gasteiger partial charge in [0.05, 0.1) is 11.5 Å². The first-order valence-electron chi connectivity index (χ1n) is 8.94. The summed E-state index contributed by atoms with van der Waals surface area (Å²) in [5, 5.41) is 0. The second-order valence-electron chi connectivity index (χ2n) is 6.19. The molecular weight excluding hydrogens is 432 g/mol. The van der Waals surface area contributed by atoms with Crippen LogP contribution in [-0.4, -0.2) is 56.5 Å². The molecule has 0 amide bonds. The van der Waals surface area contributed by atoms with Crippen LogP contribution in [0, 0.1) is 0 Å². The third-order valence-corrected chi connectivity index (χ3v) is 4.86. The lowest BCUT2D eigenvalue weighted by atomic mass is 10.2. The van der Waals surface area contributed by atoms with Gasteiger partial charge in [-0.3, -0.25) is 9.11 Å². The average molecular weight is 463 g/mol. The normalized spacial score (nSPS) is 10.9. The third-order valence-electron chi connectivity index (χ3n) is 3.55. The summed E-state index contributed by atoms with van der Waals surface area (Å²) in [6.07, 6.45) is 14.4. The van der Waals surface area contributed by atoms with Crippen LogP contribution in [0.4, 0.5) is 0 Å². The highest BCUT2D eigenvalue weighted by Crippen LogP contribution is 2.06. The molecule has 0 radical (unpaired) electrons. The molecule has 0 unspecified atom stereocenters. The Kier molecular flexibility index (Phi) is 12.8. The SMILES string of the molecule is C=CCS(=O)(=O)O.C=CCS(=O)(=O)O.Cn1ccnc1CCCCc1nccn1C. The number of nitrogens with zero attached hydrogens (tertiary/aromatic N) is 4. The van der Waals surface area contributed by atoms with Crippen molar-refractivity contribution < 1.29 is 25.9 Å². The fourth-order valence-corrected chi connectivity index (χ4v) is 2.73. The number of unbranched alkanes of at least 4 members (excludes halogenated alkanes) is 1. The highest BCUT2D eigenvalue weighted by molar-refractivity contribution is 7.86. The van der Waals surface area contributed by atoms with Crippen molar-refractivity contribution in [2.75, 3.05) is 11.5 Å². The smallest absolute Gasteiger partial charge is 0.268 e. The van der Waals surface area contributed by atoms with Gasteiger partial charge in [-0.25, -0.2) is 9.97 Å². The van der Waals surface area contributed by atoms with E-state index >= 15 is 0 Å². The number of aryl methyl sites for hydroxylation is 4. The van der Waals surface area contributed by atoms with Gasteiger partial charge in [-0.05, 0) is 12.8 Å². The molecule has 0 aromatic carbocycles. The van der Waals surface area contributed by atoms with Crippen molar-refractivity contribution in [3.05, 3.63) is 61.7 Å². The van der Waals surface area contributed by atoms with Crippen LogP contribution in [0.5, 0.6) is 0 Å². The zero-order valence-corrected chi connectivity index (χ0v) is 18.9. The maximum absolute atomic E-state index is 9.72. The Labute approximate surface area is 178 Å². The molecule has 170 valence electrons. The topological polar surface area (TPSA) is 144 Å². The van der Waals surface area contributed by atoms with E-state index in [1.165, 1.54) is 11.6 Å². The molecule has 30 heavy (non-hydrogen) atoms. The van der Waals surface area contributed by atoms with Crippen molar-refractivity contribution in [3.8, 4) is 0 Å². The monoisotopic (exact) mass is 462 g/mol. The molecule has 10 nitrogen and oxygen atoms in total. The minimum absolute atomic E-state index is 0.368. The maximum Gasteiger partial charge on any atom is 0.268 e. The highest BCUT2D eigenvalue weighted by atomic mass is 32.2. The second-order valence-corrected chi connectivity index (χ2v) is 9.18. The molecule has 0 aliphatic heterocycles. The lowest BCUT2D eigenvalue weighted by Gasteiger charge is -2.02. The van der Waals surface area contributed by atoms with Gasteiger partial charge in [0.1, 0.15) is 11.6 Å². The van der Waals surface area contributed by atoms with E-state index in [2.05, 4.69) is 32.3 Å². The summed E-state index contributed by atoms with van der Waals surface area (Å²) in [6, 6.07) is 0. The zero-order valence-electron chi connectivity index (χ0n) is 17.3. The first-order chi connectivity index (χ1) is 13.9. The Balaban J connectivity index is 0.000000503. The van der Waals surface area contributed by atoms with Crippen molar-refractivity contribution in [2.45, 2.75) is 25.7 Å². The molecule has 2 heterocycles. The first-order valence-corrected chi connectivity index (χ1v) is 12.2. The third kappa shape index (κ3) is 14.7. The Morgan fingerprint density at radius 2 is 1.17 bits per heavy atom. The zero-order chi connectivity index (χ0) is 23.2. The van der Waals surface area contributed by atoms with E-state index in [1.807, 2.05) is 38.9 Å². The van der Waals surface area contributed by atoms with Crippen LogP contribution in [0.3, 0.4) is 0 Å². The summed E-state index contributed by atoms with van der Waals surface area (Å²) in [5.74, 6) is 1.60. The number of hydrogen-bond donors (Lipinski definition) is 2. The van der Waals surface area contributed by atoms with Crippen LogP contribution in [0.2, 0.25) is 0 Å². The highest BCUT2D eigenvalue weighted by Gasteiger charge is 2.01. The first kappa shape index (κ1) is 27.7. The number of imidazole rings is 2. The van der Waals surface area contributed by atoms with Crippen molar-refractivity contribution in [1.82, 2.24) is 19.1 Å². The predicted octanol–water partition coefficient (Wildman–Crippen LogP) is 1.84. The molecule has 2 aromatic heterocycles. The van der Waals surface area contributed by atoms with Gasteiger partial charge in [-0.2, -0.15) is 16.8 Å². The maximum atomic E-state index is 9.72. The molecule has 0 fully saturated rings. The number of hydrogen-bond acceptors (Lipinski definition) is 6. The van der Waals surface area contributed by atoms with Crippen molar-refractivity contribution in [3.63, 3.8) is 0 Å². The van der Waals surface area contributed by atoms with Crippen molar-refractivity contribution in [2.24, 2.45) is 14.1 Å². The molecule has 0 aliphatic rings. The quantitative estimate of drug-likeness (QED) is 0.326. The second kappa shape index (κ2) is 13.9. The molecule has 12 heteroatoms.